The minimum absolute atomic E-state index is 0.352. The first kappa shape index (κ1) is 39.8. The van der Waals surface area contributed by atoms with Gasteiger partial charge in [0.15, 0.2) is 0 Å². The summed E-state index contributed by atoms with van der Waals surface area (Å²) in [5, 5.41) is 1.36. The number of benzene rings is 3. The maximum atomic E-state index is 4.06. The van der Waals surface area contributed by atoms with Crippen LogP contribution in [0.4, 0.5) is 0 Å². The lowest BCUT2D eigenvalue weighted by atomic mass is 9.88. The van der Waals surface area contributed by atoms with Crippen LogP contribution in [0.2, 0.25) is 0 Å². The van der Waals surface area contributed by atoms with Crippen molar-refractivity contribution in [1.29, 1.82) is 0 Å². The van der Waals surface area contributed by atoms with Crippen LogP contribution < -0.4 is 0 Å². The monoisotopic (exact) mass is 635 g/mol. The van der Waals surface area contributed by atoms with Gasteiger partial charge in [0.05, 0.1) is 0 Å². The van der Waals surface area contributed by atoms with Gasteiger partial charge in [-0.05, 0) is 82.6 Å². The Bertz CT molecular complexity index is 1500. The molecule has 0 radical (unpaired) electrons. The third-order valence-electron chi connectivity index (χ3n) is 7.30. The van der Waals surface area contributed by atoms with Crippen molar-refractivity contribution in [3.05, 3.63) is 119 Å². The molecule has 0 aliphatic carbocycles. The molecule has 4 aromatic rings. The number of nitrogens with one attached hydrogen (secondary N) is 1. The first-order valence-electron chi connectivity index (χ1n) is 17.5. The van der Waals surface area contributed by atoms with Gasteiger partial charge >= 0.3 is 0 Å². The van der Waals surface area contributed by atoms with Gasteiger partial charge in [0.25, 0.3) is 0 Å². The molecular formula is C45H66N2. The maximum Gasteiger partial charge on any atom is 0.0456 e. The van der Waals surface area contributed by atoms with Gasteiger partial charge in [-0.3, -0.25) is 4.99 Å². The van der Waals surface area contributed by atoms with Crippen LogP contribution in [0.25, 0.3) is 10.9 Å². The molecule has 47 heavy (non-hydrogen) atoms. The van der Waals surface area contributed by atoms with E-state index in [1.807, 2.05) is 12.4 Å². The van der Waals surface area contributed by atoms with Crippen LogP contribution in [0.3, 0.4) is 0 Å². The fourth-order valence-electron chi connectivity index (χ4n) is 5.56. The standard InChI is InChI=1S/C13H17N.C12H18.C11H16.C9H15N/c1-13(2,3)8-10-9-14-12-7-5-4-6-11(10)12;1-10-5-7-11(8-6-10)9-12(2,3)4;1-11(2,3)9-10-7-5-4-6-8-10;1-9(2,3)6-8-4-5-10-7-8/h4-7,9,14H,8H2,1-3H3;5-8H,9H2,1-4H3;4-8H,9H2,1-3H3;5,7H,4,6H2,1-3H3. The van der Waals surface area contributed by atoms with Crippen molar-refractivity contribution in [2.75, 3.05) is 0 Å². The number of aliphatic imine (C=N–C) groups is 1. The van der Waals surface area contributed by atoms with Crippen molar-refractivity contribution in [1.82, 2.24) is 4.98 Å². The number of aromatic amines is 1. The number of fused-ring (bicyclic) bond motifs is 1. The predicted octanol–water partition coefficient (Wildman–Crippen LogP) is 13.4. The number of hydrogen-bond donors (Lipinski definition) is 1. The molecule has 0 saturated carbocycles. The molecule has 0 unspecified atom stereocenters. The number of H-pyrrole nitrogens is 1. The Hall–Kier alpha value is -3.39. The minimum atomic E-state index is 0.352. The molecule has 0 amide bonds. The number of allylic oxidation sites excluding steroid dienone is 1. The summed E-state index contributed by atoms with van der Waals surface area (Å²) in [6.45, 7) is 29.3. The van der Waals surface area contributed by atoms with Gasteiger partial charge in [-0.15, -0.1) is 0 Å². The summed E-state index contributed by atoms with van der Waals surface area (Å²) in [7, 11) is 0. The maximum absolute atomic E-state index is 4.06. The molecule has 0 bridgehead atoms. The number of aromatic nitrogens is 1. The molecule has 2 heteroatoms. The fourth-order valence-corrected chi connectivity index (χ4v) is 5.56. The largest absolute Gasteiger partial charge is 0.361 e. The van der Waals surface area contributed by atoms with E-state index < -0.39 is 0 Å². The highest BCUT2D eigenvalue weighted by molar-refractivity contribution is 5.83. The first-order chi connectivity index (χ1) is 21.7. The van der Waals surface area contributed by atoms with E-state index >= 15 is 0 Å². The molecule has 1 N–H and O–H groups in total. The topological polar surface area (TPSA) is 28.1 Å². The number of rotatable bonds is 4. The first-order valence-corrected chi connectivity index (χ1v) is 17.5. The summed E-state index contributed by atoms with van der Waals surface area (Å²) in [5.41, 5.74) is 9.91. The average Bonchev–Trinajstić information content (AvgIpc) is 3.58. The lowest BCUT2D eigenvalue weighted by Crippen LogP contribution is -2.08. The zero-order valence-corrected chi connectivity index (χ0v) is 32.2. The van der Waals surface area contributed by atoms with E-state index in [2.05, 4.69) is 185 Å². The summed E-state index contributed by atoms with van der Waals surface area (Å²) in [4.78, 5) is 7.37. The predicted molar refractivity (Wildman–Crippen MR) is 211 cm³/mol. The van der Waals surface area contributed by atoms with E-state index in [4.69, 9.17) is 0 Å². The van der Waals surface area contributed by atoms with E-state index in [9.17, 15) is 0 Å². The second kappa shape index (κ2) is 17.7. The van der Waals surface area contributed by atoms with Crippen LogP contribution >= 0.6 is 0 Å². The summed E-state index contributed by atoms with van der Waals surface area (Å²) in [5.74, 6) is 0. The Morgan fingerprint density at radius 2 is 1.04 bits per heavy atom. The molecule has 0 spiro atoms. The quantitative estimate of drug-likeness (QED) is 0.231. The molecule has 1 aliphatic rings. The highest BCUT2D eigenvalue weighted by Crippen LogP contribution is 2.27. The Kier molecular flexibility index (Phi) is 15.0. The molecule has 2 nitrogen and oxygen atoms in total. The van der Waals surface area contributed by atoms with Crippen LogP contribution in [-0.2, 0) is 19.3 Å². The normalized spacial score (nSPS) is 13.1. The van der Waals surface area contributed by atoms with Crippen molar-refractivity contribution in [3.63, 3.8) is 0 Å². The molecule has 3 aromatic carbocycles. The molecule has 0 fully saturated rings. The summed E-state index contributed by atoms with van der Waals surface area (Å²) in [6, 6.07) is 27.9. The number of para-hydroxylation sites is 1. The number of aryl methyl sites for hydroxylation is 1. The molecule has 256 valence electrons. The minimum Gasteiger partial charge on any atom is -0.361 e. The Morgan fingerprint density at radius 3 is 1.53 bits per heavy atom. The van der Waals surface area contributed by atoms with Gasteiger partial charge in [0.1, 0.15) is 0 Å². The van der Waals surface area contributed by atoms with E-state index in [1.165, 1.54) is 45.2 Å². The number of nitrogens with zero attached hydrogens (tertiary/aromatic N) is 1. The third kappa shape index (κ3) is 18.5. The van der Waals surface area contributed by atoms with Crippen molar-refractivity contribution in [2.45, 2.75) is 122 Å². The third-order valence-corrected chi connectivity index (χ3v) is 7.30. The highest BCUT2D eigenvalue weighted by atomic mass is 14.7. The zero-order valence-electron chi connectivity index (χ0n) is 32.2. The van der Waals surface area contributed by atoms with Crippen LogP contribution in [0, 0.1) is 28.6 Å². The van der Waals surface area contributed by atoms with Crippen molar-refractivity contribution >= 4 is 17.1 Å². The smallest absolute Gasteiger partial charge is 0.0456 e. The summed E-state index contributed by atoms with van der Waals surface area (Å²) >= 11 is 0. The Morgan fingerprint density at radius 1 is 0.553 bits per heavy atom. The molecule has 1 aromatic heterocycles. The van der Waals surface area contributed by atoms with E-state index in [-0.39, 0.29) is 0 Å². The Balaban J connectivity index is 0.000000220. The van der Waals surface area contributed by atoms with Gasteiger partial charge in [0, 0.05) is 35.9 Å². The average molecular weight is 635 g/mol. The SMILES string of the molecule is CC(C)(C)CC1=CN=CC1.CC(C)(C)Cc1c[nH]c2ccccc12.CC(C)(C)Cc1ccccc1.Cc1ccc(CC(C)(C)C)cc1. The van der Waals surface area contributed by atoms with Crippen LogP contribution in [0.5, 0.6) is 0 Å². The molecule has 0 atom stereocenters. The van der Waals surface area contributed by atoms with Gasteiger partial charge in [-0.2, -0.15) is 0 Å². The molecule has 0 saturated heterocycles. The van der Waals surface area contributed by atoms with Crippen molar-refractivity contribution in [3.8, 4) is 0 Å². The van der Waals surface area contributed by atoms with E-state index in [0.717, 1.165) is 25.7 Å². The van der Waals surface area contributed by atoms with Gasteiger partial charge in [-0.1, -0.05) is 161 Å². The van der Waals surface area contributed by atoms with Crippen LogP contribution in [0.15, 0.2) is 102 Å². The van der Waals surface area contributed by atoms with Crippen molar-refractivity contribution < 1.29 is 0 Å². The van der Waals surface area contributed by atoms with Crippen LogP contribution in [0.1, 0.15) is 118 Å². The lowest BCUT2D eigenvalue weighted by molar-refractivity contribution is 0.408. The van der Waals surface area contributed by atoms with E-state index in [1.54, 1.807) is 0 Å². The zero-order chi connectivity index (χ0) is 35.3. The van der Waals surface area contributed by atoms with E-state index in [0.29, 0.717) is 21.7 Å². The fraction of sp³-hybridized carbons (Fsp3) is 0.489. The lowest BCUT2D eigenvalue weighted by Gasteiger charge is -2.17. The van der Waals surface area contributed by atoms with Gasteiger partial charge < -0.3 is 4.98 Å². The molecule has 5 rings (SSSR count). The second-order valence-corrected chi connectivity index (χ2v) is 18.1. The number of hydrogen-bond acceptors (Lipinski definition) is 1. The van der Waals surface area contributed by atoms with Gasteiger partial charge in [0.2, 0.25) is 0 Å². The molecule has 1 aliphatic heterocycles. The summed E-state index contributed by atoms with van der Waals surface area (Å²) < 4.78 is 0. The second-order valence-electron chi connectivity index (χ2n) is 18.1. The van der Waals surface area contributed by atoms with Crippen molar-refractivity contribution in [2.24, 2.45) is 26.7 Å². The van der Waals surface area contributed by atoms with Crippen LogP contribution in [-0.4, -0.2) is 11.2 Å². The molecule has 2 heterocycles. The summed E-state index contributed by atoms with van der Waals surface area (Å²) in [6.07, 6.45) is 11.8. The Labute approximate surface area is 289 Å². The highest BCUT2D eigenvalue weighted by Gasteiger charge is 2.15. The molecular weight excluding hydrogens is 569 g/mol. The van der Waals surface area contributed by atoms with Gasteiger partial charge in [-0.25, -0.2) is 0 Å².